The van der Waals surface area contributed by atoms with Gasteiger partial charge < -0.3 is 0 Å². The van der Waals surface area contributed by atoms with Crippen molar-refractivity contribution < 1.29 is 0 Å². The molecule has 0 bridgehead atoms. The van der Waals surface area contributed by atoms with E-state index in [0.29, 0.717) is 12.1 Å². The molecule has 0 saturated heterocycles. The monoisotopic (exact) mass is 462 g/mol. The Balaban J connectivity index is 1.84. The molecule has 2 nitrogen and oxygen atoms in total. The predicted molar refractivity (Wildman–Crippen MR) is 144 cm³/mol. The van der Waals surface area contributed by atoms with Crippen LogP contribution < -0.4 is 15.9 Å². The topological polar surface area (TPSA) is 6.48 Å². The van der Waals surface area contributed by atoms with Crippen LogP contribution in [-0.4, -0.2) is 28.2 Å². The fourth-order valence-electron chi connectivity index (χ4n) is 4.67. The molecule has 1 fully saturated rings. The van der Waals surface area contributed by atoms with Crippen molar-refractivity contribution >= 4 is 32.2 Å². The van der Waals surface area contributed by atoms with Crippen LogP contribution in [0.25, 0.3) is 0 Å². The Kier molecular flexibility index (Phi) is 8.50. The Morgan fingerprint density at radius 1 is 0.656 bits per heavy atom. The second kappa shape index (κ2) is 11.5. The first-order valence-corrected chi connectivity index (χ1v) is 14.5. The fourth-order valence-corrected chi connectivity index (χ4v) is 11.1. The molecule has 4 rings (SSSR count). The average Bonchev–Trinajstić information content (AvgIpc) is 2.86. The molecule has 1 atom stereocenters. The number of hydrogen-bond donors (Lipinski definition) is 0. The summed E-state index contributed by atoms with van der Waals surface area (Å²) in [5.74, 6) is 0. The van der Waals surface area contributed by atoms with Crippen LogP contribution in [0.15, 0.2) is 91.0 Å². The van der Waals surface area contributed by atoms with Crippen LogP contribution in [-0.2, 0) is 0 Å². The normalized spacial score (nSPS) is 16.2. The molecule has 0 aliphatic heterocycles. The first-order valence-electron chi connectivity index (χ1n) is 11.9. The first kappa shape index (κ1) is 23.6. The molecule has 168 valence electrons. The Bertz CT molecular complexity index is 888. The van der Waals surface area contributed by atoms with Crippen LogP contribution in [0.2, 0.25) is 0 Å². The molecule has 1 saturated carbocycles. The van der Waals surface area contributed by atoms with E-state index in [4.69, 9.17) is 0 Å². The first-order chi connectivity index (χ1) is 15.7. The minimum Gasteiger partial charge on any atom is -0.266 e. The van der Waals surface area contributed by atoms with Gasteiger partial charge in [-0.1, -0.05) is 110 Å². The lowest BCUT2D eigenvalue weighted by Gasteiger charge is -2.47. The van der Waals surface area contributed by atoms with Gasteiger partial charge in [-0.25, -0.2) is 4.44 Å². The van der Waals surface area contributed by atoms with E-state index < -0.39 is 16.3 Å². The van der Waals surface area contributed by atoms with Gasteiger partial charge in [0.2, 0.25) is 0 Å². The van der Waals surface area contributed by atoms with Gasteiger partial charge in [-0.05, 0) is 44.3 Å². The van der Waals surface area contributed by atoms with Crippen LogP contribution in [0.3, 0.4) is 0 Å². The van der Waals surface area contributed by atoms with Gasteiger partial charge in [-0.2, -0.15) is 0 Å². The summed E-state index contributed by atoms with van der Waals surface area (Å²) in [5.41, 5.74) is 0. The van der Waals surface area contributed by atoms with E-state index >= 15 is 0 Å². The lowest BCUT2D eigenvalue weighted by atomic mass is 9.96. The van der Waals surface area contributed by atoms with Crippen molar-refractivity contribution in [2.45, 2.75) is 58.0 Å². The standard InChI is InChI=1S/C28H36N2P2/c1-24(2)30(31(26-18-10-5-11-19-26)27-20-12-6-13-21-27)32(28-22-14-7-15-23-28)29(3)25-16-8-4-9-17-25/h5-7,10-15,18-25H,4,8-9,16-17H2,1-3H3. The Morgan fingerprint density at radius 2 is 1.09 bits per heavy atom. The Morgan fingerprint density at radius 3 is 1.53 bits per heavy atom. The van der Waals surface area contributed by atoms with Gasteiger partial charge in [0.15, 0.2) is 0 Å². The fraction of sp³-hybridized carbons (Fsp3) is 0.357. The predicted octanol–water partition coefficient (Wildman–Crippen LogP) is 6.65. The number of benzene rings is 3. The van der Waals surface area contributed by atoms with Crippen LogP contribution in [0.1, 0.15) is 46.0 Å². The molecule has 3 aromatic rings. The average molecular weight is 463 g/mol. The lowest BCUT2D eigenvalue weighted by Crippen LogP contribution is -2.41. The van der Waals surface area contributed by atoms with E-state index in [0.717, 1.165) is 0 Å². The molecule has 0 radical (unpaired) electrons. The van der Waals surface area contributed by atoms with E-state index in [1.165, 1.54) is 48.0 Å². The van der Waals surface area contributed by atoms with Gasteiger partial charge >= 0.3 is 0 Å². The summed E-state index contributed by atoms with van der Waals surface area (Å²) in [6.45, 7) is 4.77. The Labute approximate surface area is 197 Å². The van der Waals surface area contributed by atoms with Crippen molar-refractivity contribution in [2.24, 2.45) is 0 Å². The van der Waals surface area contributed by atoms with Gasteiger partial charge in [0.1, 0.15) is 0 Å². The second-order valence-electron chi connectivity index (χ2n) is 8.89. The summed E-state index contributed by atoms with van der Waals surface area (Å²) >= 11 is 0. The summed E-state index contributed by atoms with van der Waals surface area (Å²) in [6, 6.07) is 34.7. The van der Waals surface area contributed by atoms with Crippen LogP contribution in [0.5, 0.6) is 0 Å². The van der Waals surface area contributed by atoms with Crippen molar-refractivity contribution in [3.8, 4) is 0 Å². The zero-order chi connectivity index (χ0) is 22.3. The highest BCUT2D eigenvalue weighted by atomic mass is 31.2. The highest BCUT2D eigenvalue weighted by Gasteiger charge is 2.37. The second-order valence-corrected chi connectivity index (χ2v) is 13.4. The highest BCUT2D eigenvalue weighted by molar-refractivity contribution is 7.81. The van der Waals surface area contributed by atoms with Crippen molar-refractivity contribution in [3.05, 3.63) is 91.0 Å². The van der Waals surface area contributed by atoms with Gasteiger partial charge in [0, 0.05) is 25.5 Å². The van der Waals surface area contributed by atoms with Crippen LogP contribution in [0.4, 0.5) is 0 Å². The number of hydrogen-bond acceptors (Lipinski definition) is 2. The van der Waals surface area contributed by atoms with Gasteiger partial charge in [-0.15, -0.1) is 0 Å². The summed E-state index contributed by atoms with van der Waals surface area (Å²) in [4.78, 5) is 0. The summed E-state index contributed by atoms with van der Waals surface area (Å²) < 4.78 is 5.62. The minimum absolute atomic E-state index is 0.430. The summed E-state index contributed by atoms with van der Waals surface area (Å²) in [5, 5.41) is 4.33. The largest absolute Gasteiger partial charge is 0.266 e. The SMILES string of the molecule is CC(C)N(P(c1ccccc1)c1ccccc1)P(c1ccccc1)N(C)C1CCCCC1. The minimum atomic E-state index is -0.650. The summed E-state index contributed by atoms with van der Waals surface area (Å²) in [7, 11) is 1.11. The third-order valence-corrected chi connectivity index (χ3v) is 12.3. The molecule has 1 unspecified atom stereocenters. The van der Waals surface area contributed by atoms with Crippen molar-refractivity contribution in [1.82, 2.24) is 9.11 Å². The molecule has 32 heavy (non-hydrogen) atoms. The molecule has 0 heterocycles. The maximum absolute atomic E-state index is 2.86. The summed E-state index contributed by atoms with van der Waals surface area (Å²) in [6.07, 6.45) is 6.76. The molecule has 1 aliphatic rings. The van der Waals surface area contributed by atoms with E-state index in [9.17, 15) is 0 Å². The van der Waals surface area contributed by atoms with Crippen LogP contribution in [0, 0.1) is 0 Å². The quantitative estimate of drug-likeness (QED) is 0.346. The molecular formula is C28H36N2P2. The number of nitrogens with zero attached hydrogens (tertiary/aromatic N) is 2. The van der Waals surface area contributed by atoms with E-state index in [1.54, 1.807) is 0 Å². The zero-order valence-corrected chi connectivity index (χ0v) is 21.4. The molecule has 0 spiro atoms. The van der Waals surface area contributed by atoms with Crippen molar-refractivity contribution in [1.29, 1.82) is 0 Å². The maximum Gasteiger partial charge on any atom is 0.0769 e. The zero-order valence-electron chi connectivity index (χ0n) is 19.6. The maximum atomic E-state index is 2.86. The highest BCUT2D eigenvalue weighted by Crippen LogP contribution is 2.58. The lowest BCUT2D eigenvalue weighted by molar-refractivity contribution is 0.291. The van der Waals surface area contributed by atoms with Crippen molar-refractivity contribution in [2.75, 3.05) is 7.05 Å². The van der Waals surface area contributed by atoms with Gasteiger partial charge in [0.05, 0.1) is 8.22 Å². The van der Waals surface area contributed by atoms with E-state index in [2.05, 4.69) is 121 Å². The molecule has 1 aliphatic carbocycles. The molecular weight excluding hydrogens is 426 g/mol. The third-order valence-electron chi connectivity index (χ3n) is 6.25. The smallest absolute Gasteiger partial charge is 0.0769 e. The molecule has 4 heteroatoms. The molecule has 3 aromatic carbocycles. The molecule has 0 N–H and O–H groups in total. The number of rotatable bonds is 8. The van der Waals surface area contributed by atoms with Crippen LogP contribution >= 0.6 is 16.3 Å². The van der Waals surface area contributed by atoms with E-state index in [-0.39, 0.29) is 0 Å². The Hall–Kier alpha value is -1.56. The van der Waals surface area contributed by atoms with Crippen molar-refractivity contribution in [3.63, 3.8) is 0 Å². The third kappa shape index (κ3) is 5.49. The van der Waals surface area contributed by atoms with Gasteiger partial charge in [0.25, 0.3) is 0 Å². The molecule has 0 amide bonds. The molecule has 0 aromatic heterocycles. The van der Waals surface area contributed by atoms with Gasteiger partial charge in [-0.3, -0.25) is 4.67 Å². The van der Waals surface area contributed by atoms with E-state index in [1.807, 2.05) is 0 Å².